The van der Waals surface area contributed by atoms with Crippen molar-refractivity contribution in [3.8, 4) is 23.0 Å². The number of aliphatic hydroxyl groups is 1. The summed E-state index contributed by atoms with van der Waals surface area (Å²) in [6.07, 6.45) is 0.863. The Kier molecular flexibility index (Phi) is 8.21. The molecule has 0 radical (unpaired) electrons. The number of rotatable bonds is 10. The van der Waals surface area contributed by atoms with Gasteiger partial charge in [-0.3, -0.25) is 14.5 Å². The van der Waals surface area contributed by atoms with Crippen molar-refractivity contribution in [1.82, 2.24) is 0 Å². The van der Waals surface area contributed by atoms with Gasteiger partial charge in [0.05, 0.1) is 39.0 Å². The maximum atomic E-state index is 13.4. The van der Waals surface area contributed by atoms with Gasteiger partial charge in [0.15, 0.2) is 11.5 Å². The predicted molar refractivity (Wildman–Crippen MR) is 144 cm³/mol. The number of ketones is 1. The van der Waals surface area contributed by atoms with E-state index in [0.717, 1.165) is 6.42 Å². The lowest BCUT2D eigenvalue weighted by atomic mass is 9.94. The van der Waals surface area contributed by atoms with Crippen LogP contribution in [0.2, 0.25) is 0 Å². The maximum absolute atomic E-state index is 13.4. The minimum atomic E-state index is -0.912. The van der Waals surface area contributed by atoms with Crippen molar-refractivity contribution >= 4 is 23.1 Å². The Morgan fingerprint density at radius 3 is 2.13 bits per heavy atom. The number of anilines is 1. The largest absolute Gasteiger partial charge is 0.507 e. The van der Waals surface area contributed by atoms with Crippen LogP contribution < -0.4 is 23.8 Å². The monoisotopic (exact) mass is 517 g/mol. The number of methoxy groups -OCH3 is 2. The molecule has 0 saturated carbocycles. The van der Waals surface area contributed by atoms with Gasteiger partial charge in [0.1, 0.15) is 17.3 Å². The summed E-state index contributed by atoms with van der Waals surface area (Å²) in [5, 5.41) is 11.4. The van der Waals surface area contributed by atoms with E-state index >= 15 is 0 Å². The summed E-state index contributed by atoms with van der Waals surface area (Å²) in [6, 6.07) is 17.9. The second kappa shape index (κ2) is 11.7. The van der Waals surface area contributed by atoms with Crippen molar-refractivity contribution in [3.63, 3.8) is 0 Å². The maximum Gasteiger partial charge on any atom is 0.300 e. The summed E-state index contributed by atoms with van der Waals surface area (Å²) in [4.78, 5) is 28.2. The molecule has 0 aliphatic carbocycles. The van der Waals surface area contributed by atoms with Gasteiger partial charge in [-0.2, -0.15) is 0 Å². The number of amides is 1. The molecule has 0 spiro atoms. The minimum absolute atomic E-state index is 0.0272. The summed E-state index contributed by atoms with van der Waals surface area (Å²) in [5.41, 5.74) is 1.42. The van der Waals surface area contributed by atoms with Gasteiger partial charge >= 0.3 is 0 Å². The number of ether oxygens (including phenoxy) is 4. The highest BCUT2D eigenvalue weighted by atomic mass is 16.5. The molecule has 4 rings (SSSR count). The Morgan fingerprint density at radius 1 is 0.842 bits per heavy atom. The fourth-order valence-corrected chi connectivity index (χ4v) is 4.37. The lowest BCUT2D eigenvalue weighted by Crippen LogP contribution is -2.29. The van der Waals surface area contributed by atoms with Crippen LogP contribution in [-0.4, -0.2) is 44.2 Å². The van der Waals surface area contributed by atoms with Gasteiger partial charge in [-0.25, -0.2) is 0 Å². The van der Waals surface area contributed by atoms with Gasteiger partial charge in [-0.1, -0.05) is 13.0 Å². The highest BCUT2D eigenvalue weighted by Crippen LogP contribution is 2.44. The molecular weight excluding hydrogens is 486 g/mol. The van der Waals surface area contributed by atoms with E-state index in [9.17, 15) is 14.7 Å². The number of carbonyl (C=O) groups is 2. The Labute approximate surface area is 222 Å². The Morgan fingerprint density at radius 2 is 1.53 bits per heavy atom. The second-order valence-electron chi connectivity index (χ2n) is 8.58. The van der Waals surface area contributed by atoms with Crippen molar-refractivity contribution in [2.24, 2.45) is 0 Å². The molecule has 0 aromatic heterocycles. The summed E-state index contributed by atoms with van der Waals surface area (Å²) in [5.74, 6) is 0.414. The normalized spacial score (nSPS) is 16.4. The van der Waals surface area contributed by atoms with Gasteiger partial charge in [-0.05, 0) is 79.6 Å². The van der Waals surface area contributed by atoms with Crippen LogP contribution >= 0.6 is 0 Å². The second-order valence-corrected chi connectivity index (χ2v) is 8.58. The van der Waals surface area contributed by atoms with Gasteiger partial charge in [0.2, 0.25) is 0 Å². The summed E-state index contributed by atoms with van der Waals surface area (Å²) >= 11 is 0. The molecular formula is C30H31NO7. The zero-order chi connectivity index (χ0) is 27.2. The SMILES string of the molecule is CCCOc1ccc(/C(O)=C2/C(=O)C(=O)N(c3ccc(OC)cc3)C2c2ccc(OC)c(OCC)c2)cc1. The number of hydrogen-bond donors (Lipinski definition) is 1. The van der Waals surface area contributed by atoms with Crippen LogP contribution in [-0.2, 0) is 9.59 Å². The highest BCUT2D eigenvalue weighted by molar-refractivity contribution is 6.51. The number of aliphatic hydroxyl groups excluding tert-OH is 1. The topological polar surface area (TPSA) is 94.5 Å². The van der Waals surface area contributed by atoms with Crippen molar-refractivity contribution < 1.29 is 33.6 Å². The standard InChI is InChI=1S/C30H31NO7/c1-5-17-38-23-12-7-19(8-13-23)28(32)26-27(20-9-16-24(36-4)25(18-20)37-6-2)31(30(34)29(26)33)21-10-14-22(35-3)15-11-21/h7-16,18,27,32H,5-6,17H2,1-4H3/b28-26-. The lowest BCUT2D eigenvalue weighted by Gasteiger charge is -2.26. The van der Waals surface area contributed by atoms with Crippen molar-refractivity contribution in [2.45, 2.75) is 26.3 Å². The summed E-state index contributed by atoms with van der Waals surface area (Å²) in [7, 11) is 3.08. The molecule has 1 N–H and O–H groups in total. The first-order valence-corrected chi connectivity index (χ1v) is 12.4. The Balaban J connectivity index is 1.88. The molecule has 1 saturated heterocycles. The van der Waals surface area contributed by atoms with E-state index in [2.05, 4.69) is 0 Å². The Bertz CT molecular complexity index is 1330. The number of hydrogen-bond acceptors (Lipinski definition) is 7. The first-order valence-electron chi connectivity index (χ1n) is 12.4. The number of nitrogens with zero attached hydrogens (tertiary/aromatic N) is 1. The van der Waals surface area contributed by atoms with Crippen LogP contribution in [0, 0.1) is 0 Å². The highest BCUT2D eigenvalue weighted by Gasteiger charge is 2.47. The molecule has 0 bridgehead atoms. The molecule has 1 aliphatic heterocycles. The van der Waals surface area contributed by atoms with Gasteiger partial charge in [-0.15, -0.1) is 0 Å². The zero-order valence-electron chi connectivity index (χ0n) is 21.9. The van der Waals surface area contributed by atoms with E-state index in [1.165, 1.54) is 12.0 Å². The third-order valence-electron chi connectivity index (χ3n) is 6.20. The van der Waals surface area contributed by atoms with E-state index in [1.807, 2.05) is 13.8 Å². The molecule has 1 fully saturated rings. The van der Waals surface area contributed by atoms with Crippen LogP contribution in [0.3, 0.4) is 0 Å². The molecule has 1 amide bonds. The molecule has 3 aromatic carbocycles. The summed E-state index contributed by atoms with van der Waals surface area (Å²) in [6.45, 7) is 4.82. The Hall–Kier alpha value is -4.46. The quantitative estimate of drug-likeness (QED) is 0.215. The fourth-order valence-electron chi connectivity index (χ4n) is 4.37. The molecule has 1 heterocycles. The summed E-state index contributed by atoms with van der Waals surface area (Å²) < 4.78 is 22.1. The third-order valence-corrected chi connectivity index (χ3v) is 6.20. The lowest BCUT2D eigenvalue weighted by molar-refractivity contribution is -0.132. The molecule has 38 heavy (non-hydrogen) atoms. The van der Waals surface area contributed by atoms with E-state index in [0.29, 0.717) is 53.0 Å². The number of benzene rings is 3. The average molecular weight is 518 g/mol. The number of Topliss-reactive ketones (excluding diaryl/α,β-unsaturated/α-hetero) is 1. The van der Waals surface area contributed by atoms with Crippen molar-refractivity contribution in [1.29, 1.82) is 0 Å². The van der Waals surface area contributed by atoms with Crippen LogP contribution in [0.5, 0.6) is 23.0 Å². The van der Waals surface area contributed by atoms with E-state index in [4.69, 9.17) is 18.9 Å². The minimum Gasteiger partial charge on any atom is -0.507 e. The van der Waals surface area contributed by atoms with Crippen LogP contribution in [0.4, 0.5) is 5.69 Å². The molecule has 1 aliphatic rings. The average Bonchev–Trinajstić information content (AvgIpc) is 3.22. The van der Waals surface area contributed by atoms with Crippen LogP contribution in [0.15, 0.2) is 72.3 Å². The molecule has 198 valence electrons. The van der Waals surface area contributed by atoms with Crippen LogP contribution in [0.1, 0.15) is 37.4 Å². The molecule has 1 unspecified atom stereocenters. The smallest absolute Gasteiger partial charge is 0.300 e. The molecule has 8 nitrogen and oxygen atoms in total. The zero-order valence-corrected chi connectivity index (χ0v) is 21.9. The number of carbonyl (C=O) groups excluding carboxylic acids is 2. The third kappa shape index (κ3) is 5.16. The van der Waals surface area contributed by atoms with E-state index in [1.54, 1.807) is 73.8 Å². The predicted octanol–water partition coefficient (Wildman–Crippen LogP) is 5.52. The first kappa shape index (κ1) is 26.6. The van der Waals surface area contributed by atoms with Crippen LogP contribution in [0.25, 0.3) is 5.76 Å². The molecule has 3 aromatic rings. The van der Waals surface area contributed by atoms with Gasteiger partial charge < -0.3 is 24.1 Å². The van der Waals surface area contributed by atoms with E-state index in [-0.39, 0.29) is 11.3 Å². The van der Waals surface area contributed by atoms with Crippen molar-refractivity contribution in [3.05, 3.63) is 83.4 Å². The fraction of sp³-hybridized carbons (Fsp3) is 0.267. The molecule has 1 atom stereocenters. The van der Waals surface area contributed by atoms with Gasteiger partial charge in [0.25, 0.3) is 11.7 Å². The van der Waals surface area contributed by atoms with Gasteiger partial charge in [0, 0.05) is 11.3 Å². The molecule has 8 heteroatoms. The first-order chi connectivity index (χ1) is 18.4. The van der Waals surface area contributed by atoms with Crippen molar-refractivity contribution in [2.75, 3.05) is 32.3 Å². The van der Waals surface area contributed by atoms with E-state index < -0.39 is 17.7 Å².